The molecule has 1 aromatic carbocycles. The van der Waals surface area contributed by atoms with E-state index < -0.39 is 5.79 Å². The van der Waals surface area contributed by atoms with Crippen LogP contribution in [0.2, 0.25) is 0 Å². The predicted molar refractivity (Wildman–Crippen MR) is 120 cm³/mol. The van der Waals surface area contributed by atoms with E-state index in [-0.39, 0.29) is 5.91 Å². The number of rotatable bonds is 5. The summed E-state index contributed by atoms with van der Waals surface area (Å²) in [4.78, 5) is 12.6. The van der Waals surface area contributed by atoms with Gasteiger partial charge in [0.05, 0.1) is 5.75 Å². The van der Waals surface area contributed by atoms with Crippen LogP contribution in [0.15, 0.2) is 23.4 Å². The van der Waals surface area contributed by atoms with E-state index in [1.165, 1.54) is 37.4 Å². The van der Waals surface area contributed by atoms with Crippen molar-refractivity contribution < 1.29 is 14.3 Å². The second kappa shape index (κ2) is 8.73. The number of benzene rings is 1. The number of nitrogens with zero attached hydrogens (tertiary/aromatic N) is 3. The second-order valence-corrected chi connectivity index (χ2v) is 9.81. The van der Waals surface area contributed by atoms with Gasteiger partial charge in [-0.05, 0) is 44.7 Å². The Morgan fingerprint density at radius 3 is 2.65 bits per heavy atom. The van der Waals surface area contributed by atoms with Gasteiger partial charge in [0, 0.05) is 30.6 Å². The maximum Gasteiger partial charge on any atom is 0.251 e. The number of ether oxygens (including phenoxy) is 2. The van der Waals surface area contributed by atoms with E-state index in [1.807, 2.05) is 25.1 Å². The van der Waals surface area contributed by atoms with Crippen molar-refractivity contribution in [2.24, 2.45) is 0 Å². The fourth-order valence-electron chi connectivity index (χ4n) is 5.00. The van der Waals surface area contributed by atoms with Gasteiger partial charge >= 0.3 is 0 Å². The average molecular weight is 443 g/mol. The summed E-state index contributed by atoms with van der Waals surface area (Å²) in [5.41, 5.74) is 0.728. The molecule has 0 radical (unpaired) electrons. The van der Waals surface area contributed by atoms with Crippen LogP contribution < -0.4 is 14.8 Å². The first kappa shape index (κ1) is 20.7. The average Bonchev–Trinajstić information content (AvgIpc) is 3.32. The topological polar surface area (TPSA) is 78.3 Å². The molecule has 1 N–H and O–H groups in total. The summed E-state index contributed by atoms with van der Waals surface area (Å²) in [5.74, 6) is 2.16. The molecule has 7 nitrogen and oxygen atoms in total. The van der Waals surface area contributed by atoms with Crippen molar-refractivity contribution in [1.29, 1.82) is 0 Å². The number of hydrogen-bond donors (Lipinski definition) is 1. The van der Waals surface area contributed by atoms with Crippen LogP contribution in [0.5, 0.6) is 11.5 Å². The minimum Gasteiger partial charge on any atom is -0.448 e. The second-order valence-electron chi connectivity index (χ2n) is 8.87. The number of thioether (sulfide) groups is 1. The zero-order valence-corrected chi connectivity index (χ0v) is 18.9. The van der Waals surface area contributed by atoms with E-state index in [4.69, 9.17) is 9.47 Å². The number of amides is 1. The standard InChI is InChI=1S/C23H30N4O3S/c1-16-25-26-22(27(16)18-8-4-2-5-9-18)31-15-21(28)24-17-10-11-19-20(14-17)30-23(29-19)12-6-3-7-13-23/h10-11,14,18H,2-9,12-13,15H2,1H3,(H,24,28). The fourth-order valence-corrected chi connectivity index (χ4v) is 5.85. The maximum absolute atomic E-state index is 12.6. The Bertz CT molecular complexity index is 948. The van der Waals surface area contributed by atoms with Crippen molar-refractivity contribution in [2.75, 3.05) is 11.1 Å². The van der Waals surface area contributed by atoms with Gasteiger partial charge < -0.3 is 19.4 Å². The number of nitrogens with one attached hydrogen (secondary N) is 1. The molecule has 3 aliphatic rings. The van der Waals surface area contributed by atoms with Gasteiger partial charge in [-0.3, -0.25) is 4.79 Å². The Morgan fingerprint density at radius 1 is 1.10 bits per heavy atom. The molecule has 1 amide bonds. The van der Waals surface area contributed by atoms with Gasteiger partial charge in [-0.15, -0.1) is 10.2 Å². The summed E-state index contributed by atoms with van der Waals surface area (Å²) >= 11 is 1.45. The molecular formula is C23H30N4O3S. The van der Waals surface area contributed by atoms with Gasteiger partial charge in [0.25, 0.3) is 5.79 Å². The van der Waals surface area contributed by atoms with Crippen molar-refractivity contribution >= 4 is 23.4 Å². The largest absolute Gasteiger partial charge is 0.448 e. The highest BCUT2D eigenvalue weighted by Gasteiger charge is 2.42. The molecule has 31 heavy (non-hydrogen) atoms. The normalized spacial score (nSPS) is 20.2. The van der Waals surface area contributed by atoms with Crippen LogP contribution in [0.3, 0.4) is 0 Å². The fraction of sp³-hybridized carbons (Fsp3) is 0.609. The van der Waals surface area contributed by atoms with Gasteiger partial charge in [0.15, 0.2) is 16.7 Å². The predicted octanol–water partition coefficient (Wildman–Crippen LogP) is 5.25. The van der Waals surface area contributed by atoms with E-state index >= 15 is 0 Å². The van der Waals surface area contributed by atoms with Crippen molar-refractivity contribution in [2.45, 2.75) is 88.1 Å². The van der Waals surface area contributed by atoms with Crippen molar-refractivity contribution in [3.63, 3.8) is 0 Å². The van der Waals surface area contributed by atoms with Crippen LogP contribution >= 0.6 is 11.8 Å². The minimum atomic E-state index is -0.500. The van der Waals surface area contributed by atoms with Crippen molar-refractivity contribution in [3.05, 3.63) is 24.0 Å². The molecule has 8 heteroatoms. The quantitative estimate of drug-likeness (QED) is 0.637. The number of aryl methyl sites for hydroxylation is 1. The van der Waals surface area contributed by atoms with Crippen LogP contribution in [0.4, 0.5) is 5.69 Å². The first-order chi connectivity index (χ1) is 15.1. The van der Waals surface area contributed by atoms with Crippen LogP contribution in [0, 0.1) is 6.92 Å². The lowest BCUT2D eigenvalue weighted by molar-refractivity contribution is -0.113. The Morgan fingerprint density at radius 2 is 1.84 bits per heavy atom. The molecule has 0 bridgehead atoms. The molecule has 0 unspecified atom stereocenters. The molecule has 1 aliphatic heterocycles. The van der Waals surface area contributed by atoms with E-state index in [1.54, 1.807) is 0 Å². The summed E-state index contributed by atoms with van der Waals surface area (Å²) in [6, 6.07) is 6.09. The molecular weight excluding hydrogens is 412 g/mol. The molecule has 0 saturated heterocycles. The number of fused-ring (bicyclic) bond motifs is 1. The third kappa shape index (κ3) is 4.40. The Labute approximate surface area is 187 Å². The summed E-state index contributed by atoms with van der Waals surface area (Å²) < 4.78 is 14.5. The zero-order valence-electron chi connectivity index (χ0n) is 18.1. The lowest BCUT2D eigenvalue weighted by atomic mass is 9.94. The number of anilines is 1. The van der Waals surface area contributed by atoms with Crippen LogP contribution in [-0.4, -0.2) is 32.2 Å². The SMILES string of the molecule is Cc1nnc(SCC(=O)Nc2ccc3c(c2)OC2(CCCCC2)O3)n1C1CCCCC1. The van der Waals surface area contributed by atoms with Gasteiger partial charge in [0.2, 0.25) is 5.91 Å². The third-order valence-corrected chi connectivity index (χ3v) is 7.49. The lowest BCUT2D eigenvalue weighted by Gasteiger charge is -2.31. The molecule has 2 fully saturated rings. The summed E-state index contributed by atoms with van der Waals surface area (Å²) in [6.45, 7) is 2.00. The number of carbonyl (C=O) groups excluding carboxylic acids is 1. The highest BCUT2D eigenvalue weighted by molar-refractivity contribution is 7.99. The van der Waals surface area contributed by atoms with Crippen LogP contribution in [0.1, 0.15) is 76.1 Å². The molecule has 2 saturated carbocycles. The van der Waals surface area contributed by atoms with E-state index in [0.717, 1.165) is 66.7 Å². The lowest BCUT2D eigenvalue weighted by Crippen LogP contribution is -2.40. The first-order valence-corrected chi connectivity index (χ1v) is 12.5. The molecule has 0 atom stereocenters. The van der Waals surface area contributed by atoms with Crippen molar-refractivity contribution in [3.8, 4) is 11.5 Å². The highest BCUT2D eigenvalue weighted by atomic mass is 32.2. The van der Waals surface area contributed by atoms with Crippen LogP contribution in [0.25, 0.3) is 0 Å². The Kier molecular flexibility index (Phi) is 5.82. The highest BCUT2D eigenvalue weighted by Crippen LogP contribution is 2.46. The number of carbonyl (C=O) groups is 1. The smallest absolute Gasteiger partial charge is 0.251 e. The first-order valence-electron chi connectivity index (χ1n) is 11.5. The minimum absolute atomic E-state index is 0.0629. The number of hydrogen-bond acceptors (Lipinski definition) is 6. The molecule has 1 aromatic heterocycles. The molecule has 2 heterocycles. The number of aromatic nitrogens is 3. The zero-order chi connectivity index (χ0) is 21.3. The summed E-state index contributed by atoms with van der Waals surface area (Å²) in [5, 5.41) is 12.4. The monoisotopic (exact) mass is 442 g/mol. The van der Waals surface area contributed by atoms with E-state index in [0.29, 0.717) is 11.8 Å². The van der Waals surface area contributed by atoms with Gasteiger partial charge in [-0.25, -0.2) is 0 Å². The molecule has 2 aliphatic carbocycles. The van der Waals surface area contributed by atoms with E-state index in [2.05, 4.69) is 20.1 Å². The van der Waals surface area contributed by atoms with Gasteiger partial charge in [-0.1, -0.05) is 37.4 Å². The molecule has 166 valence electrons. The van der Waals surface area contributed by atoms with Gasteiger partial charge in [0.1, 0.15) is 5.82 Å². The van der Waals surface area contributed by atoms with Crippen LogP contribution in [-0.2, 0) is 4.79 Å². The van der Waals surface area contributed by atoms with Crippen molar-refractivity contribution in [1.82, 2.24) is 14.8 Å². The maximum atomic E-state index is 12.6. The molecule has 1 spiro atoms. The van der Waals surface area contributed by atoms with E-state index in [9.17, 15) is 4.79 Å². The molecule has 2 aromatic rings. The Balaban J connectivity index is 1.19. The van der Waals surface area contributed by atoms with Gasteiger partial charge in [-0.2, -0.15) is 0 Å². The summed E-state index contributed by atoms with van der Waals surface area (Å²) in [7, 11) is 0. The molecule has 5 rings (SSSR count). The Hall–Kier alpha value is -2.22. The summed E-state index contributed by atoms with van der Waals surface area (Å²) in [6.07, 6.45) is 11.4. The third-order valence-electron chi connectivity index (χ3n) is 6.54.